The van der Waals surface area contributed by atoms with Crippen molar-refractivity contribution in [2.75, 3.05) is 32.8 Å². The van der Waals surface area contributed by atoms with Crippen molar-refractivity contribution < 1.29 is 5.11 Å². The van der Waals surface area contributed by atoms with Crippen LogP contribution < -0.4 is 5.32 Å². The molecule has 2 N–H and O–H groups in total. The van der Waals surface area contributed by atoms with Crippen LogP contribution in [-0.4, -0.2) is 48.3 Å². The lowest BCUT2D eigenvalue weighted by Crippen LogP contribution is -2.39. The predicted octanol–water partition coefficient (Wildman–Crippen LogP) is 0.443. The first kappa shape index (κ1) is 10.4. The average molecular weight is 198 g/mol. The highest BCUT2D eigenvalue weighted by molar-refractivity contribution is 4.93. The average Bonchev–Trinajstić information content (AvgIpc) is 2.78. The van der Waals surface area contributed by atoms with E-state index < -0.39 is 0 Å². The second-order valence-corrected chi connectivity index (χ2v) is 5.18. The van der Waals surface area contributed by atoms with Crippen molar-refractivity contribution in [3.05, 3.63) is 0 Å². The molecule has 2 aliphatic rings. The number of hydrogen-bond acceptors (Lipinski definition) is 3. The lowest BCUT2D eigenvalue weighted by atomic mass is 9.95. The maximum absolute atomic E-state index is 9.23. The molecule has 3 heteroatoms. The Kier molecular flexibility index (Phi) is 3.10. The molecular formula is C11H22N2O. The van der Waals surface area contributed by atoms with E-state index in [0.29, 0.717) is 0 Å². The van der Waals surface area contributed by atoms with Gasteiger partial charge in [-0.2, -0.15) is 0 Å². The van der Waals surface area contributed by atoms with Crippen LogP contribution >= 0.6 is 0 Å². The molecule has 0 aromatic heterocycles. The SMILES string of the molecule is CC1(CO)CC(CN2CCCC2)CN1. The first-order valence-electron chi connectivity index (χ1n) is 5.80. The molecule has 0 aliphatic carbocycles. The van der Waals surface area contributed by atoms with E-state index in [2.05, 4.69) is 17.1 Å². The molecule has 2 heterocycles. The first-order chi connectivity index (χ1) is 6.72. The van der Waals surface area contributed by atoms with E-state index in [1.165, 1.54) is 32.5 Å². The fraction of sp³-hybridized carbons (Fsp3) is 1.00. The minimum Gasteiger partial charge on any atom is -0.394 e. The van der Waals surface area contributed by atoms with Gasteiger partial charge in [-0.3, -0.25) is 0 Å². The van der Waals surface area contributed by atoms with Gasteiger partial charge in [0, 0.05) is 12.1 Å². The van der Waals surface area contributed by atoms with Crippen LogP contribution in [-0.2, 0) is 0 Å². The third-order valence-electron chi connectivity index (χ3n) is 3.62. The van der Waals surface area contributed by atoms with Crippen LogP contribution in [0.25, 0.3) is 0 Å². The smallest absolute Gasteiger partial charge is 0.0610 e. The third-order valence-corrected chi connectivity index (χ3v) is 3.62. The topological polar surface area (TPSA) is 35.5 Å². The maximum Gasteiger partial charge on any atom is 0.0610 e. The Morgan fingerprint density at radius 2 is 2.14 bits per heavy atom. The van der Waals surface area contributed by atoms with Crippen LogP contribution in [0.1, 0.15) is 26.2 Å². The van der Waals surface area contributed by atoms with Crippen LogP contribution in [0.15, 0.2) is 0 Å². The zero-order valence-corrected chi connectivity index (χ0v) is 9.13. The van der Waals surface area contributed by atoms with E-state index >= 15 is 0 Å². The molecule has 2 rings (SSSR count). The maximum atomic E-state index is 9.23. The normalized spacial score (nSPS) is 39.4. The minimum absolute atomic E-state index is 0.00953. The molecule has 0 saturated carbocycles. The molecule has 2 unspecified atom stereocenters. The number of aliphatic hydroxyl groups is 1. The van der Waals surface area contributed by atoms with Crippen LogP contribution in [0.3, 0.4) is 0 Å². The predicted molar refractivity (Wildman–Crippen MR) is 57.3 cm³/mol. The van der Waals surface area contributed by atoms with E-state index in [4.69, 9.17) is 0 Å². The Balaban J connectivity index is 1.78. The molecule has 0 bridgehead atoms. The van der Waals surface area contributed by atoms with Gasteiger partial charge in [0.1, 0.15) is 0 Å². The number of nitrogens with zero attached hydrogens (tertiary/aromatic N) is 1. The molecule has 82 valence electrons. The monoisotopic (exact) mass is 198 g/mol. The summed E-state index contributed by atoms with van der Waals surface area (Å²) in [6, 6.07) is 0. The largest absolute Gasteiger partial charge is 0.394 e. The van der Waals surface area contributed by atoms with Crippen LogP contribution in [0.5, 0.6) is 0 Å². The van der Waals surface area contributed by atoms with Gasteiger partial charge in [0.25, 0.3) is 0 Å². The van der Waals surface area contributed by atoms with Gasteiger partial charge in [0.15, 0.2) is 0 Å². The highest BCUT2D eigenvalue weighted by Crippen LogP contribution is 2.25. The van der Waals surface area contributed by atoms with Crippen molar-refractivity contribution in [3.8, 4) is 0 Å². The fourth-order valence-corrected chi connectivity index (χ4v) is 2.75. The molecule has 0 amide bonds. The zero-order valence-electron chi connectivity index (χ0n) is 9.13. The third kappa shape index (κ3) is 2.27. The molecule has 3 nitrogen and oxygen atoms in total. The summed E-state index contributed by atoms with van der Waals surface area (Å²) in [6.45, 7) is 7.26. The summed E-state index contributed by atoms with van der Waals surface area (Å²) in [5.41, 5.74) is -0.00953. The number of nitrogens with one attached hydrogen (secondary N) is 1. The summed E-state index contributed by atoms with van der Waals surface area (Å²) in [7, 11) is 0. The van der Waals surface area contributed by atoms with Gasteiger partial charge in [-0.1, -0.05) is 0 Å². The minimum atomic E-state index is -0.00953. The van der Waals surface area contributed by atoms with Crippen molar-refractivity contribution in [3.63, 3.8) is 0 Å². The second kappa shape index (κ2) is 4.17. The van der Waals surface area contributed by atoms with E-state index in [9.17, 15) is 5.11 Å². The summed E-state index contributed by atoms with van der Waals surface area (Å²) in [4.78, 5) is 2.56. The highest BCUT2D eigenvalue weighted by Gasteiger charge is 2.34. The van der Waals surface area contributed by atoms with Crippen LogP contribution in [0, 0.1) is 5.92 Å². The first-order valence-corrected chi connectivity index (χ1v) is 5.80. The van der Waals surface area contributed by atoms with Gasteiger partial charge in [-0.15, -0.1) is 0 Å². The van der Waals surface area contributed by atoms with E-state index in [0.717, 1.165) is 18.9 Å². The van der Waals surface area contributed by atoms with Gasteiger partial charge in [0.05, 0.1) is 6.61 Å². The van der Waals surface area contributed by atoms with E-state index in [1.807, 2.05) is 0 Å². The molecule has 0 spiro atoms. The van der Waals surface area contributed by atoms with E-state index in [1.54, 1.807) is 0 Å². The summed E-state index contributed by atoms with van der Waals surface area (Å²) in [6.07, 6.45) is 3.87. The van der Waals surface area contributed by atoms with Gasteiger partial charge >= 0.3 is 0 Å². The highest BCUT2D eigenvalue weighted by atomic mass is 16.3. The molecule has 2 saturated heterocycles. The Morgan fingerprint density at radius 3 is 2.71 bits per heavy atom. The van der Waals surface area contributed by atoms with E-state index in [-0.39, 0.29) is 12.1 Å². The van der Waals surface area contributed by atoms with Gasteiger partial charge < -0.3 is 15.3 Å². The fourth-order valence-electron chi connectivity index (χ4n) is 2.75. The molecular weight excluding hydrogens is 176 g/mol. The van der Waals surface area contributed by atoms with Gasteiger partial charge in [0.2, 0.25) is 0 Å². The van der Waals surface area contributed by atoms with Crippen LogP contribution in [0.2, 0.25) is 0 Å². The number of aliphatic hydroxyl groups excluding tert-OH is 1. The molecule has 0 aromatic rings. The molecule has 0 radical (unpaired) electrons. The Morgan fingerprint density at radius 1 is 1.43 bits per heavy atom. The molecule has 0 aromatic carbocycles. The molecule has 2 fully saturated rings. The summed E-state index contributed by atoms with van der Waals surface area (Å²) < 4.78 is 0. The molecule has 2 aliphatic heterocycles. The molecule has 2 atom stereocenters. The lowest BCUT2D eigenvalue weighted by molar-refractivity contribution is 0.185. The van der Waals surface area contributed by atoms with Crippen molar-refractivity contribution in [2.24, 2.45) is 5.92 Å². The Labute approximate surface area is 86.5 Å². The number of rotatable bonds is 3. The van der Waals surface area contributed by atoms with Crippen molar-refractivity contribution >= 4 is 0 Å². The second-order valence-electron chi connectivity index (χ2n) is 5.18. The summed E-state index contributed by atoms with van der Waals surface area (Å²) in [5.74, 6) is 0.741. The number of likely N-dealkylation sites (tertiary alicyclic amines) is 1. The van der Waals surface area contributed by atoms with Gasteiger partial charge in [-0.05, 0) is 51.7 Å². The summed E-state index contributed by atoms with van der Waals surface area (Å²) in [5, 5.41) is 12.7. The summed E-state index contributed by atoms with van der Waals surface area (Å²) >= 11 is 0. The Hall–Kier alpha value is -0.120. The number of hydrogen-bond donors (Lipinski definition) is 2. The Bertz CT molecular complexity index is 192. The standard InChI is InChI=1S/C11H22N2O/c1-11(9-14)6-10(7-12-11)8-13-4-2-3-5-13/h10,12,14H,2-9H2,1H3. The quantitative estimate of drug-likeness (QED) is 0.691. The molecule has 14 heavy (non-hydrogen) atoms. The van der Waals surface area contributed by atoms with Crippen molar-refractivity contribution in [1.29, 1.82) is 0 Å². The van der Waals surface area contributed by atoms with Crippen molar-refractivity contribution in [2.45, 2.75) is 31.7 Å². The lowest BCUT2D eigenvalue weighted by Gasteiger charge is -2.22. The van der Waals surface area contributed by atoms with Gasteiger partial charge in [-0.25, -0.2) is 0 Å². The van der Waals surface area contributed by atoms with Crippen LogP contribution in [0.4, 0.5) is 0 Å². The zero-order chi connectivity index (χ0) is 10.0. The van der Waals surface area contributed by atoms with Crippen molar-refractivity contribution in [1.82, 2.24) is 10.2 Å².